The number of carbonyl (C=O) groups excluding carboxylic acids is 1. The molecule has 16 heavy (non-hydrogen) atoms. The molecule has 2 heterocycles. The van der Waals surface area contributed by atoms with Gasteiger partial charge in [-0.3, -0.25) is 5.10 Å². The van der Waals surface area contributed by atoms with E-state index in [4.69, 9.17) is 0 Å². The fraction of sp³-hybridized carbons (Fsp3) is 0.182. The molecule has 0 radical (unpaired) electrons. The molecule has 0 spiro atoms. The number of hydrogen-bond acceptors (Lipinski definition) is 4. The van der Waals surface area contributed by atoms with Crippen molar-refractivity contribution in [2.24, 2.45) is 0 Å². The third-order valence-corrected chi connectivity index (χ3v) is 1.89. The van der Waals surface area contributed by atoms with Crippen LogP contribution in [0.1, 0.15) is 12.6 Å². The van der Waals surface area contributed by atoms with Gasteiger partial charge in [0.1, 0.15) is 5.69 Å². The highest BCUT2D eigenvalue weighted by Crippen LogP contribution is 2.08. The molecule has 0 aliphatic heterocycles. The molecule has 5 heteroatoms. The lowest BCUT2D eigenvalue weighted by Crippen LogP contribution is -1.99. The van der Waals surface area contributed by atoms with E-state index >= 15 is 0 Å². The molecule has 80 valence electrons. The average Bonchev–Trinajstić information content (AvgIpc) is 2.74. The number of ether oxygens (including phenoxy) is 1. The maximum Gasteiger partial charge on any atom is 0.384 e. The Bertz CT molecular complexity index is 577. The number of fused-ring (bicyclic) bond motifs is 1. The van der Waals surface area contributed by atoms with Crippen LogP contribution in [0, 0.1) is 11.8 Å². The average molecular weight is 215 g/mol. The third kappa shape index (κ3) is 2.17. The van der Waals surface area contributed by atoms with Crippen molar-refractivity contribution in [3.8, 4) is 11.8 Å². The van der Waals surface area contributed by atoms with Crippen LogP contribution in [0.4, 0.5) is 0 Å². The van der Waals surface area contributed by atoms with E-state index in [2.05, 4.69) is 31.8 Å². The Morgan fingerprint density at radius 3 is 3.25 bits per heavy atom. The quantitative estimate of drug-likeness (QED) is 0.566. The number of pyridine rings is 1. The number of H-pyrrole nitrogens is 1. The monoisotopic (exact) mass is 215 g/mol. The number of aromatic nitrogens is 3. The maximum atomic E-state index is 11.0. The molecule has 0 saturated heterocycles. The minimum absolute atomic E-state index is 0.321. The van der Waals surface area contributed by atoms with Crippen LogP contribution in [0.5, 0.6) is 0 Å². The van der Waals surface area contributed by atoms with Gasteiger partial charge in [-0.2, -0.15) is 5.10 Å². The predicted molar refractivity (Wildman–Crippen MR) is 57.4 cm³/mol. The molecular formula is C11H9N3O2. The molecule has 0 aliphatic rings. The number of hydrogen-bond donors (Lipinski definition) is 1. The Hall–Kier alpha value is -2.35. The van der Waals surface area contributed by atoms with E-state index in [-0.39, 0.29) is 0 Å². The Labute approximate surface area is 91.8 Å². The van der Waals surface area contributed by atoms with Crippen molar-refractivity contribution in [2.75, 3.05) is 6.61 Å². The molecular weight excluding hydrogens is 206 g/mol. The summed E-state index contributed by atoms with van der Waals surface area (Å²) in [4.78, 5) is 15.0. The van der Waals surface area contributed by atoms with Crippen LogP contribution in [0.25, 0.3) is 10.9 Å². The normalized spacial score (nSPS) is 9.56. The van der Waals surface area contributed by atoms with Crippen molar-refractivity contribution in [2.45, 2.75) is 6.92 Å². The molecule has 0 atom stereocenters. The molecule has 0 bridgehead atoms. The summed E-state index contributed by atoms with van der Waals surface area (Å²) in [6.45, 7) is 2.05. The van der Waals surface area contributed by atoms with Crippen molar-refractivity contribution in [3.05, 3.63) is 24.2 Å². The Balaban J connectivity index is 2.23. The summed E-state index contributed by atoms with van der Waals surface area (Å²) in [7, 11) is 0. The lowest BCUT2D eigenvalue weighted by atomic mass is 10.3. The van der Waals surface area contributed by atoms with Gasteiger partial charge in [-0.1, -0.05) is 0 Å². The molecule has 0 unspecified atom stereocenters. The third-order valence-electron chi connectivity index (χ3n) is 1.89. The van der Waals surface area contributed by atoms with E-state index in [1.165, 1.54) is 0 Å². The van der Waals surface area contributed by atoms with Crippen LogP contribution >= 0.6 is 0 Å². The topological polar surface area (TPSA) is 67.9 Å². The van der Waals surface area contributed by atoms with Gasteiger partial charge in [-0.15, -0.1) is 0 Å². The molecule has 0 aliphatic carbocycles. The molecule has 2 aromatic rings. The van der Waals surface area contributed by atoms with Crippen molar-refractivity contribution in [1.29, 1.82) is 0 Å². The van der Waals surface area contributed by atoms with Gasteiger partial charge in [0.05, 0.1) is 24.5 Å². The fourth-order valence-corrected chi connectivity index (χ4v) is 1.19. The largest absolute Gasteiger partial charge is 0.456 e. The smallest absolute Gasteiger partial charge is 0.384 e. The van der Waals surface area contributed by atoms with Crippen LogP contribution in [-0.2, 0) is 9.53 Å². The Morgan fingerprint density at radius 1 is 1.56 bits per heavy atom. The van der Waals surface area contributed by atoms with Crippen LogP contribution in [-0.4, -0.2) is 27.8 Å². The fourth-order valence-electron chi connectivity index (χ4n) is 1.19. The van der Waals surface area contributed by atoms with Crippen LogP contribution in [0.15, 0.2) is 18.5 Å². The highest BCUT2D eigenvalue weighted by Gasteiger charge is 1.97. The molecule has 5 nitrogen and oxygen atoms in total. The molecule has 0 saturated carbocycles. The van der Waals surface area contributed by atoms with Gasteiger partial charge in [0.2, 0.25) is 0 Å². The van der Waals surface area contributed by atoms with Gasteiger partial charge in [-0.05, 0) is 18.9 Å². The predicted octanol–water partition coefficient (Wildman–Crippen LogP) is 0.873. The van der Waals surface area contributed by atoms with Gasteiger partial charge in [-0.25, -0.2) is 9.78 Å². The molecule has 1 N–H and O–H groups in total. The molecule has 0 fully saturated rings. The van der Waals surface area contributed by atoms with Crippen molar-refractivity contribution < 1.29 is 9.53 Å². The zero-order chi connectivity index (χ0) is 11.4. The highest BCUT2D eigenvalue weighted by atomic mass is 16.5. The number of nitrogens with zero attached hydrogens (tertiary/aromatic N) is 2. The number of carbonyl (C=O) groups is 1. The lowest BCUT2D eigenvalue weighted by Gasteiger charge is -1.91. The highest BCUT2D eigenvalue weighted by molar-refractivity contribution is 5.89. The molecule has 0 aromatic carbocycles. The van der Waals surface area contributed by atoms with Crippen molar-refractivity contribution >= 4 is 16.9 Å². The first-order valence-electron chi connectivity index (χ1n) is 4.77. The van der Waals surface area contributed by atoms with E-state index in [0.717, 1.165) is 10.9 Å². The van der Waals surface area contributed by atoms with E-state index in [1.807, 2.05) is 0 Å². The number of rotatable bonds is 1. The van der Waals surface area contributed by atoms with E-state index in [0.29, 0.717) is 12.3 Å². The van der Waals surface area contributed by atoms with Gasteiger partial charge in [0, 0.05) is 11.3 Å². The van der Waals surface area contributed by atoms with Crippen LogP contribution < -0.4 is 0 Å². The first-order chi connectivity index (χ1) is 7.79. The van der Waals surface area contributed by atoms with E-state index in [1.54, 1.807) is 25.4 Å². The van der Waals surface area contributed by atoms with E-state index in [9.17, 15) is 4.79 Å². The molecule has 0 amide bonds. The second-order valence-corrected chi connectivity index (χ2v) is 3.00. The van der Waals surface area contributed by atoms with Gasteiger partial charge < -0.3 is 4.74 Å². The van der Waals surface area contributed by atoms with Gasteiger partial charge >= 0.3 is 5.97 Å². The second-order valence-electron chi connectivity index (χ2n) is 3.00. The molecule has 2 rings (SSSR count). The van der Waals surface area contributed by atoms with Crippen LogP contribution in [0.2, 0.25) is 0 Å². The summed E-state index contributed by atoms with van der Waals surface area (Å²) in [5.41, 5.74) is 1.35. The summed E-state index contributed by atoms with van der Waals surface area (Å²) in [5, 5.41) is 7.55. The summed E-state index contributed by atoms with van der Waals surface area (Å²) in [6.07, 6.45) is 3.30. The zero-order valence-electron chi connectivity index (χ0n) is 8.65. The standard InChI is InChI=1S/C11H9N3O2/c1-2-16-11(15)4-3-9-5-8-6-13-14-10(8)7-12-9/h5-7H,2H2,1H3,(H,13,14). The number of aromatic amines is 1. The molecule has 2 aromatic heterocycles. The SMILES string of the molecule is CCOC(=O)C#Cc1cc2cn[nH]c2cn1. The summed E-state index contributed by atoms with van der Waals surface area (Å²) >= 11 is 0. The minimum Gasteiger partial charge on any atom is -0.456 e. The number of nitrogens with one attached hydrogen (secondary N) is 1. The zero-order valence-corrected chi connectivity index (χ0v) is 8.65. The van der Waals surface area contributed by atoms with Crippen molar-refractivity contribution in [1.82, 2.24) is 15.2 Å². The maximum absolute atomic E-state index is 11.0. The minimum atomic E-state index is -0.545. The van der Waals surface area contributed by atoms with Crippen LogP contribution in [0.3, 0.4) is 0 Å². The Kier molecular flexibility index (Phi) is 2.83. The Morgan fingerprint density at radius 2 is 2.44 bits per heavy atom. The van der Waals surface area contributed by atoms with E-state index < -0.39 is 5.97 Å². The first-order valence-corrected chi connectivity index (χ1v) is 4.77. The van der Waals surface area contributed by atoms with Crippen molar-refractivity contribution in [3.63, 3.8) is 0 Å². The van der Waals surface area contributed by atoms with Gasteiger partial charge in [0.25, 0.3) is 0 Å². The lowest BCUT2D eigenvalue weighted by molar-refractivity contribution is -0.136. The first kappa shape index (κ1) is 10.2. The second kappa shape index (κ2) is 4.45. The summed E-state index contributed by atoms with van der Waals surface area (Å²) in [5.74, 6) is 4.44. The van der Waals surface area contributed by atoms with Gasteiger partial charge in [0.15, 0.2) is 0 Å². The summed E-state index contributed by atoms with van der Waals surface area (Å²) in [6, 6.07) is 1.76. The summed E-state index contributed by atoms with van der Waals surface area (Å²) < 4.78 is 4.68. The number of esters is 1.